The first-order chi connectivity index (χ1) is 8.72. The van der Waals surface area contributed by atoms with E-state index in [0.717, 1.165) is 25.3 Å². The van der Waals surface area contributed by atoms with Gasteiger partial charge < -0.3 is 10.2 Å². The van der Waals surface area contributed by atoms with Crippen LogP contribution in [-0.2, 0) is 20.0 Å². The number of rotatable bonds is 3. The van der Waals surface area contributed by atoms with E-state index in [2.05, 4.69) is 40.6 Å². The zero-order valence-corrected chi connectivity index (χ0v) is 10.8. The van der Waals surface area contributed by atoms with Crippen molar-refractivity contribution >= 4 is 11.5 Å². The van der Waals surface area contributed by atoms with Gasteiger partial charge in [-0.25, -0.2) is 0 Å². The van der Waals surface area contributed by atoms with E-state index in [1.807, 2.05) is 19.3 Å². The number of anilines is 2. The van der Waals surface area contributed by atoms with Gasteiger partial charge in [0.25, 0.3) is 0 Å². The minimum absolute atomic E-state index is 0.827. The summed E-state index contributed by atoms with van der Waals surface area (Å²) in [5.41, 5.74) is 4.14. The van der Waals surface area contributed by atoms with E-state index in [-0.39, 0.29) is 0 Å². The molecule has 4 nitrogen and oxygen atoms in total. The molecule has 1 aromatic heterocycles. The van der Waals surface area contributed by atoms with Crippen LogP contribution in [0, 0.1) is 0 Å². The molecule has 0 spiro atoms. The molecule has 3 rings (SSSR count). The fourth-order valence-corrected chi connectivity index (χ4v) is 2.43. The van der Waals surface area contributed by atoms with Gasteiger partial charge in [-0.15, -0.1) is 0 Å². The second-order valence-electron chi connectivity index (χ2n) is 4.86. The second-order valence-corrected chi connectivity index (χ2v) is 4.86. The molecular weight excluding hydrogens is 224 g/mol. The molecule has 0 bridgehead atoms. The zero-order chi connectivity index (χ0) is 12.5. The molecule has 0 amide bonds. The Morgan fingerprint density at radius 2 is 2.17 bits per heavy atom. The lowest BCUT2D eigenvalue weighted by molar-refractivity contribution is 0.768. The third-order valence-electron chi connectivity index (χ3n) is 3.46. The summed E-state index contributed by atoms with van der Waals surface area (Å²) in [6.07, 6.45) is 3.10. The summed E-state index contributed by atoms with van der Waals surface area (Å²) in [6, 6.07) is 8.70. The van der Waals surface area contributed by atoms with Crippen molar-refractivity contribution in [3.05, 3.63) is 41.6 Å². The van der Waals surface area contributed by atoms with Crippen molar-refractivity contribution in [1.29, 1.82) is 0 Å². The molecule has 1 aliphatic rings. The molecular formula is C14H18N4. The van der Waals surface area contributed by atoms with Crippen molar-refractivity contribution in [1.82, 2.24) is 9.78 Å². The van der Waals surface area contributed by atoms with Gasteiger partial charge in [0.15, 0.2) is 0 Å². The normalized spacial score (nSPS) is 13.8. The van der Waals surface area contributed by atoms with Gasteiger partial charge in [-0.1, -0.05) is 12.1 Å². The third-order valence-corrected chi connectivity index (χ3v) is 3.46. The highest BCUT2D eigenvalue weighted by atomic mass is 15.3. The summed E-state index contributed by atoms with van der Waals surface area (Å²) in [4.78, 5) is 2.31. The molecule has 0 aliphatic carbocycles. The minimum atomic E-state index is 0.827. The molecule has 0 atom stereocenters. The van der Waals surface area contributed by atoms with Crippen LogP contribution < -0.4 is 10.2 Å². The summed E-state index contributed by atoms with van der Waals surface area (Å²) in [5.74, 6) is 0.926. The van der Waals surface area contributed by atoms with Crippen molar-refractivity contribution in [3.8, 4) is 0 Å². The van der Waals surface area contributed by atoms with E-state index in [0.29, 0.717) is 0 Å². The molecule has 2 aromatic rings. The van der Waals surface area contributed by atoms with Gasteiger partial charge >= 0.3 is 0 Å². The summed E-state index contributed by atoms with van der Waals surface area (Å²) >= 11 is 0. The SMILES string of the molecule is CN1CCc2cc(CNc3ccn(C)n3)ccc21. The van der Waals surface area contributed by atoms with Gasteiger partial charge in [-0.2, -0.15) is 5.10 Å². The first-order valence-electron chi connectivity index (χ1n) is 6.29. The quantitative estimate of drug-likeness (QED) is 0.894. The minimum Gasteiger partial charge on any atom is -0.374 e. The number of likely N-dealkylation sites (N-methyl/N-ethyl adjacent to an activating group) is 1. The van der Waals surface area contributed by atoms with Crippen molar-refractivity contribution in [2.24, 2.45) is 7.05 Å². The van der Waals surface area contributed by atoms with Crippen LogP contribution in [0.25, 0.3) is 0 Å². The molecule has 0 saturated heterocycles. The van der Waals surface area contributed by atoms with Crippen LogP contribution in [0.4, 0.5) is 11.5 Å². The van der Waals surface area contributed by atoms with E-state index in [9.17, 15) is 0 Å². The maximum absolute atomic E-state index is 4.31. The molecule has 0 fully saturated rings. The van der Waals surface area contributed by atoms with E-state index < -0.39 is 0 Å². The molecule has 1 aromatic carbocycles. The van der Waals surface area contributed by atoms with Crippen LogP contribution in [-0.4, -0.2) is 23.4 Å². The summed E-state index contributed by atoms with van der Waals surface area (Å²) in [7, 11) is 4.08. The molecule has 1 N–H and O–H groups in total. The van der Waals surface area contributed by atoms with Gasteiger partial charge in [-0.3, -0.25) is 4.68 Å². The molecule has 2 heterocycles. The highest BCUT2D eigenvalue weighted by Crippen LogP contribution is 2.27. The van der Waals surface area contributed by atoms with Gasteiger partial charge in [0.1, 0.15) is 5.82 Å². The second kappa shape index (κ2) is 4.37. The molecule has 0 saturated carbocycles. The number of fused-ring (bicyclic) bond motifs is 1. The van der Waals surface area contributed by atoms with Gasteiger partial charge in [0, 0.05) is 45.1 Å². The largest absolute Gasteiger partial charge is 0.374 e. The summed E-state index contributed by atoms with van der Waals surface area (Å²) in [6.45, 7) is 1.96. The Kier molecular flexibility index (Phi) is 2.70. The Bertz CT molecular complexity index is 559. The Morgan fingerprint density at radius 1 is 1.28 bits per heavy atom. The lowest BCUT2D eigenvalue weighted by Gasteiger charge is -2.12. The predicted octanol–water partition coefficient (Wildman–Crippen LogP) is 2.02. The average Bonchev–Trinajstić information content (AvgIpc) is 2.94. The van der Waals surface area contributed by atoms with Crippen LogP contribution in [0.15, 0.2) is 30.5 Å². The first kappa shape index (κ1) is 11.1. The van der Waals surface area contributed by atoms with E-state index in [1.165, 1.54) is 16.8 Å². The monoisotopic (exact) mass is 242 g/mol. The average molecular weight is 242 g/mol. The Labute approximate surface area is 107 Å². The Balaban J connectivity index is 1.70. The number of nitrogens with zero attached hydrogens (tertiary/aromatic N) is 3. The molecule has 0 unspecified atom stereocenters. The van der Waals surface area contributed by atoms with E-state index in [4.69, 9.17) is 0 Å². The molecule has 4 heteroatoms. The van der Waals surface area contributed by atoms with Crippen molar-refractivity contribution < 1.29 is 0 Å². The van der Waals surface area contributed by atoms with Crippen LogP contribution in [0.5, 0.6) is 0 Å². The molecule has 0 radical (unpaired) electrons. The summed E-state index contributed by atoms with van der Waals surface area (Å²) < 4.78 is 1.81. The highest BCUT2D eigenvalue weighted by Gasteiger charge is 2.15. The number of aromatic nitrogens is 2. The number of nitrogens with one attached hydrogen (secondary N) is 1. The molecule has 18 heavy (non-hydrogen) atoms. The van der Waals surface area contributed by atoms with Gasteiger partial charge in [-0.05, 0) is 23.6 Å². The number of hydrogen-bond donors (Lipinski definition) is 1. The topological polar surface area (TPSA) is 33.1 Å². The van der Waals surface area contributed by atoms with Crippen LogP contribution in [0.2, 0.25) is 0 Å². The van der Waals surface area contributed by atoms with Crippen molar-refractivity contribution in [2.75, 3.05) is 23.8 Å². The lowest BCUT2D eigenvalue weighted by Crippen LogP contribution is -2.12. The number of hydrogen-bond acceptors (Lipinski definition) is 3. The number of benzene rings is 1. The zero-order valence-electron chi connectivity index (χ0n) is 10.8. The predicted molar refractivity (Wildman–Crippen MR) is 74.0 cm³/mol. The maximum Gasteiger partial charge on any atom is 0.148 e. The summed E-state index contributed by atoms with van der Waals surface area (Å²) in [5, 5.41) is 7.65. The lowest BCUT2D eigenvalue weighted by atomic mass is 10.1. The standard InChI is InChI=1S/C14H18N4/c1-17-7-5-12-9-11(3-4-13(12)17)10-15-14-6-8-18(2)16-14/h3-4,6,8-9H,5,7,10H2,1-2H3,(H,15,16). The van der Waals surface area contributed by atoms with Crippen molar-refractivity contribution in [3.63, 3.8) is 0 Å². The Hall–Kier alpha value is -1.97. The number of aryl methyl sites for hydroxylation is 1. The molecule has 94 valence electrons. The third kappa shape index (κ3) is 2.06. The van der Waals surface area contributed by atoms with Crippen LogP contribution in [0.3, 0.4) is 0 Å². The first-order valence-corrected chi connectivity index (χ1v) is 6.29. The van der Waals surface area contributed by atoms with Crippen LogP contribution in [0.1, 0.15) is 11.1 Å². The van der Waals surface area contributed by atoms with Crippen LogP contribution >= 0.6 is 0 Å². The van der Waals surface area contributed by atoms with E-state index >= 15 is 0 Å². The smallest absolute Gasteiger partial charge is 0.148 e. The fourth-order valence-electron chi connectivity index (χ4n) is 2.43. The maximum atomic E-state index is 4.31. The van der Waals surface area contributed by atoms with Gasteiger partial charge in [0.05, 0.1) is 0 Å². The molecule has 1 aliphatic heterocycles. The van der Waals surface area contributed by atoms with Crippen molar-refractivity contribution in [2.45, 2.75) is 13.0 Å². The van der Waals surface area contributed by atoms with Gasteiger partial charge in [0.2, 0.25) is 0 Å². The Morgan fingerprint density at radius 3 is 2.94 bits per heavy atom. The highest BCUT2D eigenvalue weighted by molar-refractivity contribution is 5.58. The fraction of sp³-hybridized carbons (Fsp3) is 0.357. The van der Waals surface area contributed by atoms with E-state index in [1.54, 1.807) is 4.68 Å².